The van der Waals surface area contributed by atoms with E-state index in [1.54, 1.807) is 11.9 Å². The summed E-state index contributed by atoms with van der Waals surface area (Å²) in [4.78, 5) is 18.6. The molecule has 10 heteroatoms. The summed E-state index contributed by atoms with van der Waals surface area (Å²) in [6, 6.07) is 12.5. The maximum absolute atomic E-state index is 12.4. The number of hydrogen-bond acceptors (Lipinski definition) is 6. The Bertz CT molecular complexity index is 1110. The number of hydrogen-bond donors (Lipinski definition) is 2. The number of nitrogens with one attached hydrogen (secondary N) is 2. The van der Waals surface area contributed by atoms with Crippen LogP contribution < -0.4 is 10.6 Å². The van der Waals surface area contributed by atoms with Gasteiger partial charge in [0.15, 0.2) is 9.84 Å². The zero-order valence-electron chi connectivity index (χ0n) is 18.5. The first-order chi connectivity index (χ1) is 15.8. The number of sulfone groups is 1. The molecule has 0 saturated carbocycles. The van der Waals surface area contributed by atoms with E-state index in [-0.39, 0.29) is 21.7 Å². The van der Waals surface area contributed by atoms with Crippen molar-refractivity contribution >= 4 is 44.8 Å². The van der Waals surface area contributed by atoms with Gasteiger partial charge in [-0.3, -0.25) is 9.79 Å². The van der Waals surface area contributed by atoms with Gasteiger partial charge in [0.25, 0.3) is 0 Å². The van der Waals surface area contributed by atoms with Crippen molar-refractivity contribution in [2.24, 2.45) is 4.99 Å². The number of benzene rings is 2. The van der Waals surface area contributed by atoms with Crippen LogP contribution in [0.4, 0.5) is 0 Å². The molecule has 0 radical (unpaired) electrons. The first-order valence-corrected chi connectivity index (χ1v) is 13.2. The van der Waals surface area contributed by atoms with Crippen molar-refractivity contribution in [3.63, 3.8) is 0 Å². The number of carbonyl (C=O) groups excluding carboxylic acids is 1. The standard InChI is InChI=1S/C23H28Cl2N4O3S/c1-29(14-10-17-4-6-18(7-5-17)23-27-12-13-28-23)22(30)3-2-11-26-16-33(31,32)19-8-9-20(24)21(25)15-19/h4-9,15,26H,2-3,10-14,16H2,1H3,(H,27,28). The van der Waals surface area contributed by atoms with Gasteiger partial charge < -0.3 is 15.5 Å². The lowest BCUT2D eigenvalue weighted by Crippen LogP contribution is -2.30. The van der Waals surface area contributed by atoms with E-state index in [2.05, 4.69) is 27.8 Å². The van der Waals surface area contributed by atoms with E-state index in [0.29, 0.717) is 31.0 Å². The maximum Gasteiger partial charge on any atom is 0.222 e. The molecule has 0 fully saturated rings. The normalized spacial score (nSPS) is 13.5. The monoisotopic (exact) mass is 510 g/mol. The minimum Gasteiger partial charge on any atom is -0.368 e. The van der Waals surface area contributed by atoms with Gasteiger partial charge in [-0.1, -0.05) is 47.5 Å². The summed E-state index contributed by atoms with van der Waals surface area (Å²) in [6.07, 6.45) is 1.66. The van der Waals surface area contributed by atoms with Crippen LogP contribution in [0.1, 0.15) is 24.0 Å². The Morgan fingerprint density at radius 3 is 2.58 bits per heavy atom. The molecule has 1 amide bonds. The molecule has 2 aromatic carbocycles. The van der Waals surface area contributed by atoms with Crippen molar-refractivity contribution in [2.45, 2.75) is 24.2 Å². The Morgan fingerprint density at radius 1 is 1.15 bits per heavy atom. The predicted octanol–water partition coefficient (Wildman–Crippen LogP) is 3.15. The van der Waals surface area contributed by atoms with Crippen LogP contribution in [0.15, 0.2) is 52.4 Å². The van der Waals surface area contributed by atoms with E-state index >= 15 is 0 Å². The van der Waals surface area contributed by atoms with Gasteiger partial charge in [-0.05, 0) is 43.1 Å². The molecule has 0 spiro atoms. The molecule has 2 N–H and O–H groups in total. The van der Waals surface area contributed by atoms with Gasteiger partial charge in [-0.2, -0.15) is 0 Å². The van der Waals surface area contributed by atoms with E-state index in [4.69, 9.17) is 23.2 Å². The number of carbonyl (C=O) groups is 1. The fraction of sp³-hybridized carbons (Fsp3) is 0.391. The second-order valence-corrected chi connectivity index (χ2v) is 10.7. The van der Waals surface area contributed by atoms with Gasteiger partial charge in [-0.25, -0.2) is 8.42 Å². The Hall–Kier alpha value is -2.13. The van der Waals surface area contributed by atoms with Gasteiger partial charge in [0.05, 0.1) is 21.5 Å². The van der Waals surface area contributed by atoms with Crippen LogP contribution in [-0.2, 0) is 21.1 Å². The van der Waals surface area contributed by atoms with Gasteiger partial charge in [0, 0.05) is 32.1 Å². The van der Waals surface area contributed by atoms with Gasteiger partial charge in [0.2, 0.25) is 5.91 Å². The van der Waals surface area contributed by atoms with Crippen LogP contribution in [0.3, 0.4) is 0 Å². The van der Waals surface area contributed by atoms with Crippen LogP contribution in [0.2, 0.25) is 10.0 Å². The summed E-state index contributed by atoms with van der Waals surface area (Å²) in [5.41, 5.74) is 2.24. The molecule has 1 aliphatic heterocycles. The van der Waals surface area contributed by atoms with Crippen LogP contribution in [0.5, 0.6) is 0 Å². The largest absolute Gasteiger partial charge is 0.368 e. The molecule has 2 aromatic rings. The van der Waals surface area contributed by atoms with Crippen molar-refractivity contribution in [2.75, 3.05) is 39.1 Å². The number of nitrogens with zero attached hydrogens (tertiary/aromatic N) is 2. The Labute approximate surface area is 205 Å². The third kappa shape index (κ3) is 7.43. The molecule has 1 heterocycles. The van der Waals surface area contributed by atoms with Crippen LogP contribution in [0.25, 0.3) is 0 Å². The first-order valence-electron chi connectivity index (χ1n) is 10.8. The fourth-order valence-corrected chi connectivity index (χ4v) is 4.87. The Balaban J connectivity index is 1.35. The second-order valence-electron chi connectivity index (χ2n) is 7.86. The highest BCUT2D eigenvalue weighted by molar-refractivity contribution is 7.91. The number of rotatable bonds is 11. The molecule has 0 atom stereocenters. The van der Waals surface area contributed by atoms with Crippen LogP contribution in [-0.4, -0.2) is 64.2 Å². The zero-order chi connectivity index (χ0) is 23.8. The Kier molecular flexibility index (Phi) is 9.14. The molecule has 0 bridgehead atoms. The quantitative estimate of drug-likeness (QED) is 0.453. The van der Waals surface area contributed by atoms with Gasteiger partial charge >= 0.3 is 0 Å². The third-order valence-electron chi connectivity index (χ3n) is 5.35. The lowest BCUT2D eigenvalue weighted by molar-refractivity contribution is -0.129. The van der Waals surface area contributed by atoms with Crippen LogP contribution in [0, 0.1) is 0 Å². The molecule has 0 saturated heterocycles. The molecule has 33 heavy (non-hydrogen) atoms. The minimum absolute atomic E-state index is 0.0327. The summed E-state index contributed by atoms with van der Waals surface area (Å²) in [5.74, 6) is 0.741. The van der Waals surface area contributed by atoms with Crippen molar-refractivity contribution in [3.05, 3.63) is 63.6 Å². The smallest absolute Gasteiger partial charge is 0.222 e. The number of amides is 1. The lowest BCUT2D eigenvalue weighted by Gasteiger charge is -2.17. The van der Waals surface area contributed by atoms with Crippen molar-refractivity contribution in [3.8, 4) is 0 Å². The average Bonchev–Trinajstić information content (AvgIpc) is 3.34. The molecule has 1 aliphatic rings. The van der Waals surface area contributed by atoms with E-state index in [1.807, 2.05) is 12.1 Å². The number of halogens is 2. The van der Waals surface area contributed by atoms with E-state index in [0.717, 1.165) is 36.5 Å². The second kappa shape index (κ2) is 11.8. The van der Waals surface area contributed by atoms with Crippen molar-refractivity contribution < 1.29 is 13.2 Å². The summed E-state index contributed by atoms with van der Waals surface area (Å²) in [7, 11) is -1.74. The fourth-order valence-electron chi connectivity index (χ4n) is 3.36. The molecular weight excluding hydrogens is 483 g/mol. The average molecular weight is 511 g/mol. The van der Waals surface area contributed by atoms with Crippen molar-refractivity contribution in [1.29, 1.82) is 0 Å². The molecule has 0 unspecified atom stereocenters. The molecule has 3 rings (SSSR count). The van der Waals surface area contributed by atoms with E-state index in [9.17, 15) is 13.2 Å². The zero-order valence-corrected chi connectivity index (χ0v) is 20.8. The highest BCUT2D eigenvalue weighted by Gasteiger charge is 2.16. The Morgan fingerprint density at radius 2 is 1.91 bits per heavy atom. The summed E-state index contributed by atoms with van der Waals surface area (Å²) in [6.45, 7) is 2.73. The first kappa shape index (κ1) is 25.5. The summed E-state index contributed by atoms with van der Waals surface area (Å²) < 4.78 is 24.7. The van der Waals surface area contributed by atoms with Gasteiger partial charge in [0.1, 0.15) is 11.7 Å². The topological polar surface area (TPSA) is 90.9 Å². The molecule has 0 aromatic heterocycles. The highest BCUT2D eigenvalue weighted by atomic mass is 35.5. The van der Waals surface area contributed by atoms with Crippen molar-refractivity contribution in [1.82, 2.24) is 15.5 Å². The lowest BCUT2D eigenvalue weighted by atomic mass is 10.1. The summed E-state index contributed by atoms with van der Waals surface area (Å²) >= 11 is 11.7. The molecule has 7 nitrogen and oxygen atoms in total. The molecule has 178 valence electrons. The highest BCUT2D eigenvalue weighted by Crippen LogP contribution is 2.25. The number of likely N-dealkylation sites (N-methyl/N-ethyl adjacent to an activating group) is 1. The SMILES string of the molecule is CN(CCc1ccc(C2=NCCN2)cc1)C(=O)CCCNCS(=O)(=O)c1ccc(Cl)c(Cl)c1. The maximum atomic E-state index is 12.4. The van der Waals surface area contributed by atoms with E-state index < -0.39 is 9.84 Å². The van der Waals surface area contributed by atoms with E-state index in [1.165, 1.54) is 18.2 Å². The number of aliphatic imine (C=N–C) groups is 1. The molecule has 0 aliphatic carbocycles. The third-order valence-corrected chi connectivity index (χ3v) is 7.65. The van der Waals surface area contributed by atoms with Crippen LogP contribution >= 0.6 is 23.2 Å². The summed E-state index contributed by atoms with van der Waals surface area (Å²) in [5, 5.41) is 6.65. The molecular formula is C23H28Cl2N4O3S. The van der Waals surface area contributed by atoms with Gasteiger partial charge in [-0.15, -0.1) is 0 Å². The minimum atomic E-state index is -3.53. The predicted molar refractivity (Wildman–Crippen MR) is 133 cm³/mol. The number of amidine groups is 1.